The molecular weight excluding hydrogens is 400 g/mol. The van der Waals surface area contributed by atoms with Gasteiger partial charge in [-0.3, -0.25) is 4.79 Å². The third kappa shape index (κ3) is 5.63. The quantitative estimate of drug-likeness (QED) is 0.378. The lowest BCUT2D eigenvalue weighted by atomic mass is 10.2. The summed E-state index contributed by atoms with van der Waals surface area (Å²) in [6.07, 6.45) is 3.72. The number of carbonyl (C=O) groups is 1. The highest BCUT2D eigenvalue weighted by Crippen LogP contribution is 2.23. The van der Waals surface area contributed by atoms with E-state index in [1.54, 1.807) is 10.9 Å². The summed E-state index contributed by atoms with van der Waals surface area (Å²) in [5, 5.41) is 12.3. The predicted octanol–water partition coefficient (Wildman–Crippen LogP) is 3.12. The number of para-hydroxylation sites is 1. The monoisotopic (exact) mass is 428 g/mol. The summed E-state index contributed by atoms with van der Waals surface area (Å²) < 4.78 is 7.37. The van der Waals surface area contributed by atoms with E-state index in [4.69, 9.17) is 4.74 Å². The van der Waals surface area contributed by atoms with E-state index >= 15 is 0 Å². The number of ether oxygens (including phenoxy) is 1. The molecule has 0 radical (unpaired) electrons. The van der Waals surface area contributed by atoms with Crippen LogP contribution in [0.1, 0.15) is 19.4 Å². The fourth-order valence-corrected chi connectivity index (χ4v) is 3.20. The highest BCUT2D eigenvalue weighted by Gasteiger charge is 2.13. The van der Waals surface area contributed by atoms with E-state index < -0.39 is 0 Å². The number of aromatic nitrogens is 4. The van der Waals surface area contributed by atoms with E-state index in [1.807, 2.05) is 37.4 Å². The minimum Gasteiger partial charge on any atom is -0.484 e. The molecular formula is C21H28N6O2S. The molecule has 30 heavy (non-hydrogen) atoms. The first-order chi connectivity index (χ1) is 14.5. The molecule has 0 bridgehead atoms. The molecule has 160 valence electrons. The Hall–Kier alpha value is -2.81. The van der Waals surface area contributed by atoms with Gasteiger partial charge in [0.15, 0.2) is 17.4 Å². The Kier molecular flexibility index (Phi) is 7.51. The molecule has 0 aliphatic carbocycles. The Morgan fingerprint density at radius 3 is 2.80 bits per heavy atom. The lowest BCUT2D eigenvalue weighted by Gasteiger charge is -2.11. The highest BCUT2D eigenvalue weighted by atomic mass is 32.2. The molecule has 2 heterocycles. The molecule has 0 aliphatic heterocycles. The van der Waals surface area contributed by atoms with Crippen molar-refractivity contribution in [3.63, 3.8) is 0 Å². The Morgan fingerprint density at radius 1 is 1.27 bits per heavy atom. The molecule has 2 aromatic heterocycles. The van der Waals surface area contributed by atoms with Gasteiger partial charge in [-0.2, -0.15) is 5.10 Å². The number of thioether (sulfide) groups is 1. The number of aryl methyl sites for hydroxylation is 1. The molecule has 2 N–H and O–H groups in total. The first-order valence-corrected chi connectivity index (χ1v) is 11.2. The summed E-state index contributed by atoms with van der Waals surface area (Å²) in [4.78, 5) is 21.3. The first-order valence-electron chi connectivity index (χ1n) is 9.94. The maximum atomic E-state index is 12.1. The second-order valence-electron chi connectivity index (χ2n) is 7.34. The van der Waals surface area contributed by atoms with Crippen LogP contribution in [0.25, 0.3) is 11.0 Å². The van der Waals surface area contributed by atoms with Crippen LogP contribution in [0.5, 0.6) is 5.75 Å². The summed E-state index contributed by atoms with van der Waals surface area (Å²) >= 11 is 1.49. The second kappa shape index (κ2) is 10.3. The predicted molar refractivity (Wildman–Crippen MR) is 120 cm³/mol. The Labute approximate surface area is 180 Å². The van der Waals surface area contributed by atoms with Gasteiger partial charge in [-0.25, -0.2) is 14.6 Å². The largest absolute Gasteiger partial charge is 0.484 e. The molecule has 3 rings (SSSR count). The third-order valence-electron chi connectivity index (χ3n) is 4.43. The number of amides is 1. The summed E-state index contributed by atoms with van der Waals surface area (Å²) in [5.41, 5.74) is 1.76. The summed E-state index contributed by atoms with van der Waals surface area (Å²) in [7, 11) is 0. The third-order valence-corrected chi connectivity index (χ3v) is 4.98. The van der Waals surface area contributed by atoms with Crippen LogP contribution in [0, 0.1) is 12.8 Å². The van der Waals surface area contributed by atoms with Gasteiger partial charge in [0.2, 0.25) is 0 Å². The van der Waals surface area contributed by atoms with E-state index in [1.165, 1.54) is 11.8 Å². The van der Waals surface area contributed by atoms with Crippen molar-refractivity contribution in [3.05, 3.63) is 36.0 Å². The van der Waals surface area contributed by atoms with Gasteiger partial charge in [0, 0.05) is 13.1 Å². The Morgan fingerprint density at radius 2 is 2.07 bits per heavy atom. The minimum absolute atomic E-state index is 0.0211. The van der Waals surface area contributed by atoms with Crippen LogP contribution in [-0.4, -0.2) is 51.6 Å². The minimum atomic E-state index is -0.173. The number of nitrogens with one attached hydrogen (secondary N) is 2. The molecule has 0 saturated carbocycles. The number of nitrogens with zero attached hydrogens (tertiary/aromatic N) is 4. The summed E-state index contributed by atoms with van der Waals surface area (Å²) in [6.45, 7) is 7.99. The van der Waals surface area contributed by atoms with Crippen molar-refractivity contribution in [2.24, 2.45) is 5.92 Å². The van der Waals surface area contributed by atoms with Crippen LogP contribution >= 0.6 is 11.8 Å². The zero-order valence-electron chi connectivity index (χ0n) is 17.8. The smallest absolute Gasteiger partial charge is 0.258 e. The maximum absolute atomic E-state index is 12.1. The number of hydrogen-bond donors (Lipinski definition) is 2. The summed E-state index contributed by atoms with van der Waals surface area (Å²) in [6, 6.07) is 7.63. The molecule has 0 unspecified atom stereocenters. The first kappa shape index (κ1) is 21.9. The van der Waals surface area contributed by atoms with E-state index in [0.717, 1.165) is 29.0 Å². The van der Waals surface area contributed by atoms with Crippen molar-refractivity contribution >= 4 is 34.5 Å². The van der Waals surface area contributed by atoms with Crippen molar-refractivity contribution in [2.75, 3.05) is 31.3 Å². The van der Waals surface area contributed by atoms with Gasteiger partial charge < -0.3 is 15.4 Å². The van der Waals surface area contributed by atoms with Gasteiger partial charge in [0.05, 0.1) is 18.1 Å². The zero-order valence-corrected chi connectivity index (χ0v) is 18.6. The highest BCUT2D eigenvalue weighted by molar-refractivity contribution is 7.98. The van der Waals surface area contributed by atoms with Crippen molar-refractivity contribution in [1.29, 1.82) is 0 Å². The number of fused-ring (bicyclic) bond motifs is 1. The van der Waals surface area contributed by atoms with Crippen LogP contribution in [0.3, 0.4) is 0 Å². The molecule has 0 spiro atoms. The van der Waals surface area contributed by atoms with Crippen LogP contribution < -0.4 is 15.4 Å². The standard InChI is InChI=1S/C21H28N6O2S/c1-14(2)11-23-19-16-12-24-27(20(16)26-21(25-19)30-4)10-9-22-18(28)13-29-17-8-6-5-7-15(17)3/h5-8,12,14H,9-11,13H2,1-4H3,(H,22,28)(H,23,25,26). The second-order valence-corrected chi connectivity index (χ2v) is 8.12. The number of anilines is 1. The topological polar surface area (TPSA) is 94.0 Å². The normalized spacial score (nSPS) is 11.1. The van der Waals surface area contributed by atoms with Gasteiger partial charge in [-0.05, 0) is 30.7 Å². The molecule has 3 aromatic rings. The molecule has 0 fully saturated rings. The lowest BCUT2D eigenvalue weighted by Crippen LogP contribution is -2.31. The number of benzene rings is 1. The van der Waals surface area contributed by atoms with E-state index in [2.05, 4.69) is 39.5 Å². The fraction of sp³-hybridized carbons (Fsp3) is 0.429. The van der Waals surface area contributed by atoms with Gasteiger partial charge in [-0.15, -0.1) is 0 Å². The van der Waals surface area contributed by atoms with Gasteiger partial charge >= 0.3 is 0 Å². The zero-order chi connectivity index (χ0) is 21.5. The molecule has 9 heteroatoms. The van der Waals surface area contributed by atoms with E-state index in [-0.39, 0.29) is 12.5 Å². The molecule has 1 amide bonds. The lowest BCUT2D eigenvalue weighted by molar-refractivity contribution is -0.123. The average molecular weight is 429 g/mol. The molecule has 1 aromatic carbocycles. The average Bonchev–Trinajstić information content (AvgIpc) is 3.14. The van der Waals surface area contributed by atoms with E-state index in [0.29, 0.717) is 29.9 Å². The number of hydrogen-bond acceptors (Lipinski definition) is 7. The Bertz CT molecular complexity index is 1000. The van der Waals surface area contributed by atoms with E-state index in [9.17, 15) is 4.79 Å². The van der Waals surface area contributed by atoms with Crippen molar-refractivity contribution in [3.8, 4) is 5.75 Å². The molecule has 0 aliphatic rings. The molecule has 8 nitrogen and oxygen atoms in total. The van der Waals surface area contributed by atoms with Gasteiger partial charge in [0.25, 0.3) is 5.91 Å². The van der Waals surface area contributed by atoms with Crippen LogP contribution in [0.2, 0.25) is 0 Å². The molecule has 0 saturated heterocycles. The number of rotatable bonds is 10. The Balaban J connectivity index is 1.59. The van der Waals surface area contributed by atoms with Crippen LogP contribution in [-0.2, 0) is 11.3 Å². The van der Waals surface area contributed by atoms with Crippen molar-refractivity contribution in [1.82, 2.24) is 25.1 Å². The SMILES string of the molecule is CSc1nc(NCC(C)C)c2cnn(CCNC(=O)COc3ccccc3C)c2n1. The van der Waals surface area contributed by atoms with Crippen LogP contribution in [0.15, 0.2) is 35.6 Å². The number of carbonyl (C=O) groups excluding carboxylic acids is 1. The van der Waals surface area contributed by atoms with Crippen molar-refractivity contribution < 1.29 is 9.53 Å². The fourth-order valence-electron chi connectivity index (χ4n) is 2.84. The summed E-state index contributed by atoms with van der Waals surface area (Å²) in [5.74, 6) is 1.83. The maximum Gasteiger partial charge on any atom is 0.258 e. The van der Waals surface area contributed by atoms with Gasteiger partial charge in [-0.1, -0.05) is 43.8 Å². The molecule has 0 atom stereocenters. The van der Waals surface area contributed by atoms with Gasteiger partial charge in [0.1, 0.15) is 11.6 Å². The van der Waals surface area contributed by atoms with Crippen molar-refractivity contribution in [2.45, 2.75) is 32.5 Å². The van der Waals surface area contributed by atoms with Crippen LogP contribution in [0.4, 0.5) is 5.82 Å².